The maximum atomic E-state index is 14.3. The number of nitrogens with zero attached hydrogens (tertiary/aromatic N) is 2. The van der Waals surface area contributed by atoms with Crippen molar-refractivity contribution in [1.29, 1.82) is 0 Å². The maximum absolute atomic E-state index is 14.3. The van der Waals surface area contributed by atoms with E-state index in [1.807, 2.05) is 12.1 Å². The molecule has 0 heterocycles. The van der Waals surface area contributed by atoms with Crippen LogP contribution in [0.25, 0.3) is 0 Å². The van der Waals surface area contributed by atoms with E-state index in [1.165, 1.54) is 5.57 Å². The predicted molar refractivity (Wildman–Crippen MR) is 232 cm³/mol. The molecule has 0 bridgehead atoms. The smallest absolute Gasteiger partial charge is 0.309 e. The molecule has 10 heteroatoms. The minimum absolute atomic E-state index is 0.0210. The lowest BCUT2D eigenvalue weighted by Gasteiger charge is -2.72. The Kier molecular flexibility index (Phi) is 12.6. The van der Waals surface area contributed by atoms with Crippen LogP contribution in [0, 0.1) is 56.2 Å². The number of Topliss-reactive ketones (excluding diaryl/α,β-unsaturated/α-hetero) is 1. The van der Waals surface area contributed by atoms with Crippen LogP contribution in [0.15, 0.2) is 29.3 Å². The highest BCUT2D eigenvalue weighted by molar-refractivity contribution is 6.35. The largest absolute Gasteiger partial charge is 0.481 e. The van der Waals surface area contributed by atoms with E-state index in [2.05, 4.69) is 72.4 Å². The van der Waals surface area contributed by atoms with Gasteiger partial charge in [-0.2, -0.15) is 0 Å². The molecule has 0 aromatic heterocycles. The molecule has 58 heavy (non-hydrogen) atoms. The summed E-state index contributed by atoms with van der Waals surface area (Å²) in [5, 5.41) is 23.6. The first kappa shape index (κ1) is 45.6. The number of halogens is 2. The van der Waals surface area contributed by atoms with E-state index in [0.29, 0.717) is 41.4 Å². The number of allylic oxidation sites excluding steroid dienone is 1. The van der Waals surface area contributed by atoms with Gasteiger partial charge in [-0.15, -0.1) is 0 Å². The van der Waals surface area contributed by atoms with Crippen LogP contribution in [0.1, 0.15) is 132 Å². The van der Waals surface area contributed by atoms with E-state index in [-0.39, 0.29) is 51.8 Å². The fourth-order valence-electron chi connectivity index (χ4n) is 13.8. The molecule has 0 spiro atoms. The van der Waals surface area contributed by atoms with Gasteiger partial charge in [0.1, 0.15) is 6.10 Å². The summed E-state index contributed by atoms with van der Waals surface area (Å²) in [6.45, 7) is 22.3. The number of carbonyl (C=O) groups is 3. The van der Waals surface area contributed by atoms with Crippen molar-refractivity contribution in [2.45, 2.75) is 145 Å². The average Bonchev–Trinajstić information content (AvgIpc) is 3.43. The summed E-state index contributed by atoms with van der Waals surface area (Å²) in [5.74, 6) is -0.0958. The van der Waals surface area contributed by atoms with Crippen molar-refractivity contribution >= 4 is 40.9 Å². The number of ketones is 1. The quantitative estimate of drug-likeness (QED) is 0.189. The van der Waals surface area contributed by atoms with E-state index < -0.39 is 28.9 Å². The fraction of sp³-hybridized carbons (Fsp3) is 0.771. The third-order valence-electron chi connectivity index (χ3n) is 17.2. The van der Waals surface area contributed by atoms with Crippen LogP contribution in [0.3, 0.4) is 0 Å². The highest BCUT2D eigenvalue weighted by Gasteiger charge is 2.71. The molecule has 0 saturated heterocycles. The van der Waals surface area contributed by atoms with Gasteiger partial charge in [-0.25, -0.2) is 0 Å². The zero-order valence-electron chi connectivity index (χ0n) is 37.3. The highest BCUT2D eigenvalue weighted by Crippen LogP contribution is 2.77. The number of carbonyl (C=O) groups excluding carboxylic acids is 2. The second kappa shape index (κ2) is 16.1. The van der Waals surface area contributed by atoms with Crippen molar-refractivity contribution in [1.82, 2.24) is 9.80 Å². The molecule has 8 nitrogen and oxygen atoms in total. The van der Waals surface area contributed by atoms with E-state index in [4.69, 9.17) is 27.9 Å². The average molecular weight is 844 g/mol. The summed E-state index contributed by atoms with van der Waals surface area (Å²) in [6, 6.07) is 5.62. The SMILES string of the molecule is CC(C)C1=C2[C@H]3CC[C@@H]4[C@@]5(C)CC[C@H](OC(=O)CC(C)(C)C(=O)O)C(C)(C)C5CC[C@@]4(C)[C@]3(C)CC[C@@]2([C@H](O)CN(CCN(C)C)Cc2ccc(Cl)cc2Cl)CC1=O. The van der Waals surface area contributed by atoms with E-state index >= 15 is 0 Å². The van der Waals surface area contributed by atoms with Crippen molar-refractivity contribution in [2.75, 3.05) is 33.7 Å². The van der Waals surface area contributed by atoms with Gasteiger partial charge < -0.3 is 19.8 Å². The van der Waals surface area contributed by atoms with Crippen molar-refractivity contribution in [3.8, 4) is 0 Å². The number of aliphatic hydroxyl groups excluding tert-OH is 1. The molecule has 5 aliphatic rings. The molecule has 2 N–H and O–H groups in total. The molecule has 9 atom stereocenters. The number of likely N-dealkylation sites (N-methyl/N-ethyl adjacent to an activating group) is 1. The molecule has 0 aliphatic heterocycles. The van der Waals surface area contributed by atoms with E-state index in [1.54, 1.807) is 19.9 Å². The Balaban J connectivity index is 1.29. The predicted octanol–water partition coefficient (Wildman–Crippen LogP) is 10.1. The zero-order chi connectivity index (χ0) is 43.0. The Morgan fingerprint density at radius 3 is 2.24 bits per heavy atom. The zero-order valence-corrected chi connectivity index (χ0v) is 38.8. The Hall–Kier alpha value is -1.97. The number of carboxylic acids is 1. The third kappa shape index (κ3) is 7.64. The van der Waals surface area contributed by atoms with Gasteiger partial charge in [0, 0.05) is 53.5 Å². The van der Waals surface area contributed by atoms with E-state index in [9.17, 15) is 24.6 Å². The van der Waals surface area contributed by atoms with Crippen LogP contribution in [-0.2, 0) is 25.7 Å². The van der Waals surface area contributed by atoms with Gasteiger partial charge in [-0.3, -0.25) is 19.3 Å². The number of aliphatic carboxylic acids is 1. The van der Waals surface area contributed by atoms with Gasteiger partial charge in [-0.1, -0.05) is 83.3 Å². The summed E-state index contributed by atoms with van der Waals surface area (Å²) >= 11 is 13.0. The molecule has 5 aliphatic carbocycles. The lowest BCUT2D eigenvalue weighted by molar-refractivity contribution is -0.235. The number of ether oxygens (including phenoxy) is 1. The van der Waals surface area contributed by atoms with Gasteiger partial charge in [-0.05, 0) is 142 Å². The number of fused-ring (bicyclic) bond motifs is 7. The second-order valence-electron chi connectivity index (χ2n) is 21.8. The number of aliphatic hydroxyl groups is 1. The second-order valence-corrected chi connectivity index (χ2v) is 22.7. The van der Waals surface area contributed by atoms with Crippen LogP contribution in [0.4, 0.5) is 0 Å². The van der Waals surface area contributed by atoms with E-state index in [0.717, 1.165) is 75.6 Å². The summed E-state index contributed by atoms with van der Waals surface area (Å²) in [5.41, 5.74) is 1.20. The number of esters is 1. The number of hydrogen-bond donors (Lipinski definition) is 2. The van der Waals surface area contributed by atoms with Crippen LogP contribution < -0.4 is 0 Å². The fourth-order valence-corrected chi connectivity index (χ4v) is 14.3. The molecule has 6 rings (SSSR count). The van der Waals surface area contributed by atoms with Crippen LogP contribution in [0.2, 0.25) is 10.0 Å². The molecular weight excluding hydrogens is 771 g/mol. The molecule has 4 fully saturated rings. The van der Waals surface area contributed by atoms with Crippen LogP contribution >= 0.6 is 23.2 Å². The van der Waals surface area contributed by atoms with Crippen LogP contribution in [-0.4, -0.2) is 83.7 Å². The highest BCUT2D eigenvalue weighted by atomic mass is 35.5. The standard InChI is InChI=1S/C48H72Cl2N2O6/c1-29(2)40-34(53)25-48(37(54)28-52(23-22-51(10)11)27-30-12-13-31(49)24-33(30)50)21-20-46(8)32(41(40)48)14-15-36-45(7)18-17-38(58-39(55)26-43(3,4)42(56)57)44(5,6)35(45)16-19-47(36,46)9/h12-13,24,29,32,35-38,54H,14-23,25-28H2,1-11H3,(H,56,57)/t32-,35?,36-,37-,38+,45+,46-,47-,48+/m1/s1. The first-order valence-electron chi connectivity index (χ1n) is 22.0. The first-order valence-corrected chi connectivity index (χ1v) is 22.8. The van der Waals surface area contributed by atoms with Crippen molar-refractivity contribution < 1.29 is 29.3 Å². The molecule has 324 valence electrons. The molecule has 1 aromatic rings. The van der Waals surface area contributed by atoms with Gasteiger partial charge in [0.05, 0.1) is 17.9 Å². The van der Waals surface area contributed by atoms with Crippen LogP contribution in [0.5, 0.6) is 0 Å². The van der Waals surface area contributed by atoms with Gasteiger partial charge in [0.2, 0.25) is 0 Å². The van der Waals surface area contributed by atoms with Gasteiger partial charge in [0.25, 0.3) is 0 Å². The van der Waals surface area contributed by atoms with Crippen molar-refractivity contribution in [3.05, 3.63) is 45.0 Å². The summed E-state index contributed by atoms with van der Waals surface area (Å²) in [6.07, 6.45) is 6.92. The topological polar surface area (TPSA) is 107 Å². The molecule has 1 aromatic carbocycles. The van der Waals surface area contributed by atoms with Gasteiger partial charge in [0.15, 0.2) is 5.78 Å². The molecule has 1 unspecified atom stereocenters. The summed E-state index contributed by atoms with van der Waals surface area (Å²) < 4.78 is 6.19. The van der Waals surface area contributed by atoms with Crippen molar-refractivity contribution in [3.63, 3.8) is 0 Å². The van der Waals surface area contributed by atoms with Gasteiger partial charge >= 0.3 is 11.9 Å². The lowest BCUT2D eigenvalue weighted by atomic mass is 9.33. The Morgan fingerprint density at radius 1 is 0.931 bits per heavy atom. The number of carboxylic acid groups (broad SMARTS) is 1. The number of rotatable bonds is 13. The minimum Gasteiger partial charge on any atom is -0.481 e. The number of hydrogen-bond acceptors (Lipinski definition) is 7. The minimum atomic E-state index is -1.18. The molecular formula is C48H72Cl2N2O6. The molecule has 4 saturated carbocycles. The maximum Gasteiger partial charge on any atom is 0.309 e. The monoisotopic (exact) mass is 842 g/mol. The molecule has 0 amide bonds. The Bertz CT molecular complexity index is 1810. The number of benzene rings is 1. The van der Waals surface area contributed by atoms with Crippen molar-refractivity contribution in [2.24, 2.45) is 56.2 Å². The summed E-state index contributed by atoms with van der Waals surface area (Å²) in [4.78, 5) is 43.8. The summed E-state index contributed by atoms with van der Waals surface area (Å²) in [7, 11) is 4.13. The Morgan fingerprint density at radius 2 is 1.62 bits per heavy atom. The normalized spacial score (nSPS) is 35.1. The Labute approximate surface area is 358 Å². The lowest BCUT2D eigenvalue weighted by Crippen LogP contribution is -2.66. The third-order valence-corrected chi connectivity index (χ3v) is 17.8. The molecule has 0 radical (unpaired) electrons. The first-order chi connectivity index (χ1) is 26.8.